The highest BCUT2D eigenvalue weighted by molar-refractivity contribution is 5.85. The highest BCUT2D eigenvalue weighted by atomic mass is 35.5. The van der Waals surface area contributed by atoms with Crippen LogP contribution in [0.3, 0.4) is 0 Å². The molecule has 1 heterocycles. The van der Waals surface area contributed by atoms with Crippen molar-refractivity contribution in [3.05, 3.63) is 30.1 Å². The number of nitrogens with zero attached hydrogens (tertiary/aromatic N) is 1. The summed E-state index contributed by atoms with van der Waals surface area (Å²) in [6.07, 6.45) is 1.70. The Morgan fingerprint density at radius 2 is 2.19 bits per heavy atom. The highest BCUT2D eigenvalue weighted by Crippen LogP contribution is 1.99. The normalized spacial score (nSPS) is 11.8. The van der Waals surface area contributed by atoms with Crippen LogP contribution in [0.15, 0.2) is 24.4 Å². The standard InChI is InChI=1S/C11H17N3O.ClH/c1-8(2)10(12)11(15)14-7-9-5-3-4-6-13-9;/h3-6,8,10H,7,12H2,1-2H3,(H,14,15);1H/t10-;/m0./s1. The fraction of sp³-hybridized carbons (Fsp3) is 0.455. The monoisotopic (exact) mass is 243 g/mol. The number of nitrogens with one attached hydrogen (secondary N) is 1. The molecule has 1 amide bonds. The third kappa shape index (κ3) is 4.59. The van der Waals surface area contributed by atoms with Gasteiger partial charge < -0.3 is 11.1 Å². The van der Waals surface area contributed by atoms with E-state index in [9.17, 15) is 4.79 Å². The van der Waals surface area contributed by atoms with E-state index >= 15 is 0 Å². The zero-order valence-corrected chi connectivity index (χ0v) is 10.3. The molecule has 1 atom stereocenters. The summed E-state index contributed by atoms with van der Waals surface area (Å²) in [7, 11) is 0. The largest absolute Gasteiger partial charge is 0.349 e. The van der Waals surface area contributed by atoms with Gasteiger partial charge >= 0.3 is 0 Å². The number of rotatable bonds is 4. The molecule has 0 aromatic carbocycles. The zero-order valence-electron chi connectivity index (χ0n) is 9.51. The number of nitrogens with two attached hydrogens (primary N) is 1. The van der Waals surface area contributed by atoms with Gasteiger partial charge in [0.15, 0.2) is 0 Å². The molecule has 1 aromatic rings. The van der Waals surface area contributed by atoms with Crippen LogP contribution in [0.2, 0.25) is 0 Å². The van der Waals surface area contributed by atoms with Crippen LogP contribution in [0.5, 0.6) is 0 Å². The van der Waals surface area contributed by atoms with Gasteiger partial charge in [-0.2, -0.15) is 0 Å². The summed E-state index contributed by atoms with van der Waals surface area (Å²) in [5.74, 6) is 0.0179. The Kier molecular flexibility index (Phi) is 6.69. The highest BCUT2D eigenvalue weighted by Gasteiger charge is 2.16. The Balaban J connectivity index is 0.00000225. The number of aromatic nitrogens is 1. The van der Waals surface area contributed by atoms with Crippen LogP contribution in [0.25, 0.3) is 0 Å². The predicted molar refractivity (Wildman–Crippen MR) is 66.1 cm³/mol. The molecule has 0 bridgehead atoms. The Hall–Kier alpha value is -1.13. The lowest BCUT2D eigenvalue weighted by molar-refractivity contribution is -0.123. The first-order valence-electron chi connectivity index (χ1n) is 5.04. The van der Waals surface area contributed by atoms with Crippen LogP contribution < -0.4 is 11.1 Å². The van der Waals surface area contributed by atoms with Gasteiger partial charge in [0.1, 0.15) is 0 Å². The van der Waals surface area contributed by atoms with Crippen LogP contribution in [-0.4, -0.2) is 16.9 Å². The van der Waals surface area contributed by atoms with Crippen LogP contribution in [-0.2, 0) is 11.3 Å². The van der Waals surface area contributed by atoms with Crippen molar-refractivity contribution in [3.8, 4) is 0 Å². The number of hydrogen-bond acceptors (Lipinski definition) is 3. The van der Waals surface area contributed by atoms with Crippen molar-refractivity contribution >= 4 is 18.3 Å². The van der Waals surface area contributed by atoms with E-state index in [1.807, 2.05) is 32.0 Å². The van der Waals surface area contributed by atoms with E-state index in [1.54, 1.807) is 6.20 Å². The summed E-state index contributed by atoms with van der Waals surface area (Å²) < 4.78 is 0. The minimum absolute atomic E-state index is 0. The number of carbonyl (C=O) groups excluding carboxylic acids is 1. The molecule has 0 radical (unpaired) electrons. The van der Waals surface area contributed by atoms with Crippen molar-refractivity contribution in [1.29, 1.82) is 0 Å². The number of pyridine rings is 1. The molecule has 0 aliphatic carbocycles. The van der Waals surface area contributed by atoms with Gasteiger partial charge in [0.2, 0.25) is 5.91 Å². The molecule has 0 saturated carbocycles. The van der Waals surface area contributed by atoms with Gasteiger partial charge in [0.05, 0.1) is 18.3 Å². The van der Waals surface area contributed by atoms with E-state index in [1.165, 1.54) is 0 Å². The third-order valence-corrected chi connectivity index (χ3v) is 2.19. The van der Waals surface area contributed by atoms with Crippen molar-refractivity contribution in [3.63, 3.8) is 0 Å². The van der Waals surface area contributed by atoms with Gasteiger partial charge in [0.25, 0.3) is 0 Å². The van der Waals surface area contributed by atoms with Crippen LogP contribution in [0, 0.1) is 5.92 Å². The molecule has 5 heteroatoms. The Morgan fingerprint density at radius 3 is 2.69 bits per heavy atom. The fourth-order valence-corrected chi connectivity index (χ4v) is 1.10. The fourth-order valence-electron chi connectivity index (χ4n) is 1.10. The molecule has 0 spiro atoms. The summed E-state index contributed by atoms with van der Waals surface area (Å²) in [5, 5.41) is 2.75. The minimum atomic E-state index is -0.450. The first-order valence-corrected chi connectivity index (χ1v) is 5.04. The summed E-state index contributed by atoms with van der Waals surface area (Å²) in [6, 6.07) is 5.14. The summed E-state index contributed by atoms with van der Waals surface area (Å²) in [5.41, 5.74) is 6.53. The van der Waals surface area contributed by atoms with Crippen LogP contribution in [0.4, 0.5) is 0 Å². The first-order chi connectivity index (χ1) is 7.11. The molecule has 0 saturated heterocycles. The second-order valence-corrected chi connectivity index (χ2v) is 3.81. The third-order valence-electron chi connectivity index (χ3n) is 2.19. The summed E-state index contributed by atoms with van der Waals surface area (Å²) in [6.45, 7) is 4.27. The van der Waals surface area contributed by atoms with E-state index in [0.717, 1.165) is 5.69 Å². The molecule has 90 valence electrons. The van der Waals surface area contributed by atoms with Crippen LogP contribution in [0.1, 0.15) is 19.5 Å². The van der Waals surface area contributed by atoms with Gasteiger partial charge in [-0.05, 0) is 18.1 Å². The summed E-state index contributed by atoms with van der Waals surface area (Å²) >= 11 is 0. The molecular formula is C11H18ClN3O. The Morgan fingerprint density at radius 1 is 1.50 bits per heavy atom. The SMILES string of the molecule is CC(C)[C@H](N)C(=O)NCc1ccccn1.Cl. The van der Waals surface area contributed by atoms with E-state index in [-0.39, 0.29) is 24.2 Å². The van der Waals surface area contributed by atoms with Crippen molar-refractivity contribution < 1.29 is 4.79 Å². The van der Waals surface area contributed by atoms with E-state index in [4.69, 9.17) is 5.73 Å². The van der Waals surface area contributed by atoms with Gasteiger partial charge in [-0.1, -0.05) is 19.9 Å². The van der Waals surface area contributed by atoms with E-state index in [0.29, 0.717) is 6.54 Å². The minimum Gasteiger partial charge on any atom is -0.349 e. The average Bonchev–Trinajstić information content (AvgIpc) is 2.26. The van der Waals surface area contributed by atoms with Gasteiger partial charge in [0, 0.05) is 6.20 Å². The van der Waals surface area contributed by atoms with Crippen molar-refractivity contribution in [1.82, 2.24) is 10.3 Å². The molecule has 16 heavy (non-hydrogen) atoms. The number of carbonyl (C=O) groups is 1. The Bertz CT molecular complexity index is 316. The Labute approximate surface area is 102 Å². The zero-order chi connectivity index (χ0) is 11.3. The molecule has 0 aliphatic heterocycles. The van der Waals surface area contributed by atoms with Gasteiger partial charge in [-0.25, -0.2) is 0 Å². The summed E-state index contributed by atoms with van der Waals surface area (Å²) in [4.78, 5) is 15.6. The maximum atomic E-state index is 11.5. The average molecular weight is 244 g/mol. The second-order valence-electron chi connectivity index (χ2n) is 3.81. The molecule has 0 unspecified atom stereocenters. The predicted octanol–water partition coefficient (Wildman–Crippen LogP) is 1.10. The lowest BCUT2D eigenvalue weighted by Gasteiger charge is -2.14. The number of amides is 1. The first kappa shape index (κ1) is 14.9. The van der Waals surface area contributed by atoms with Crippen molar-refractivity contribution in [2.24, 2.45) is 11.7 Å². The lowest BCUT2D eigenvalue weighted by Crippen LogP contribution is -2.43. The molecule has 3 N–H and O–H groups in total. The van der Waals surface area contributed by atoms with E-state index in [2.05, 4.69) is 10.3 Å². The number of halogens is 1. The van der Waals surface area contributed by atoms with Crippen molar-refractivity contribution in [2.45, 2.75) is 26.4 Å². The molecule has 1 aromatic heterocycles. The van der Waals surface area contributed by atoms with E-state index < -0.39 is 6.04 Å². The number of hydrogen-bond donors (Lipinski definition) is 2. The smallest absolute Gasteiger partial charge is 0.237 e. The molecule has 0 fully saturated rings. The second kappa shape index (κ2) is 7.19. The lowest BCUT2D eigenvalue weighted by atomic mass is 10.1. The maximum Gasteiger partial charge on any atom is 0.237 e. The topological polar surface area (TPSA) is 68.0 Å². The molecule has 4 nitrogen and oxygen atoms in total. The molecular weight excluding hydrogens is 226 g/mol. The van der Waals surface area contributed by atoms with Gasteiger partial charge in [-0.3, -0.25) is 9.78 Å². The van der Waals surface area contributed by atoms with Gasteiger partial charge in [-0.15, -0.1) is 12.4 Å². The maximum absolute atomic E-state index is 11.5. The molecule has 0 aliphatic rings. The molecule has 1 rings (SSSR count). The van der Waals surface area contributed by atoms with Crippen molar-refractivity contribution in [2.75, 3.05) is 0 Å². The van der Waals surface area contributed by atoms with Crippen LogP contribution >= 0.6 is 12.4 Å². The quantitative estimate of drug-likeness (QED) is 0.832.